The quantitative estimate of drug-likeness (QED) is 0.762. The highest BCUT2D eigenvalue weighted by atomic mass is 16.5. The van der Waals surface area contributed by atoms with Crippen LogP contribution in [0.5, 0.6) is 11.5 Å². The molecule has 0 bridgehead atoms. The van der Waals surface area contributed by atoms with Crippen LogP contribution in [-0.4, -0.2) is 36.7 Å². The lowest BCUT2D eigenvalue weighted by atomic mass is 9.79. The summed E-state index contributed by atoms with van der Waals surface area (Å²) in [6, 6.07) is 7.19. The molecule has 132 valence electrons. The van der Waals surface area contributed by atoms with E-state index in [4.69, 9.17) is 9.47 Å². The third-order valence-corrected chi connectivity index (χ3v) is 4.30. The highest BCUT2D eigenvalue weighted by Gasteiger charge is 2.30. The van der Waals surface area contributed by atoms with Gasteiger partial charge in [-0.1, -0.05) is 25.0 Å². The SMILES string of the molecule is CCOc1ccccc1OCC(=O)NC[C@@H]1CCCC[C@@H]1C(=O)O. The van der Waals surface area contributed by atoms with Crippen LogP contribution >= 0.6 is 0 Å². The van der Waals surface area contributed by atoms with Gasteiger partial charge in [0.2, 0.25) is 0 Å². The first-order chi connectivity index (χ1) is 11.6. The fourth-order valence-electron chi connectivity index (χ4n) is 3.06. The van der Waals surface area contributed by atoms with Crippen molar-refractivity contribution < 1.29 is 24.2 Å². The fraction of sp³-hybridized carbons (Fsp3) is 0.556. The zero-order valence-electron chi connectivity index (χ0n) is 14.0. The van der Waals surface area contributed by atoms with Gasteiger partial charge in [0.15, 0.2) is 18.1 Å². The van der Waals surface area contributed by atoms with Gasteiger partial charge in [0.05, 0.1) is 12.5 Å². The van der Waals surface area contributed by atoms with E-state index in [1.165, 1.54) is 0 Å². The van der Waals surface area contributed by atoms with E-state index in [-0.39, 0.29) is 24.3 Å². The lowest BCUT2D eigenvalue weighted by molar-refractivity contribution is -0.145. The summed E-state index contributed by atoms with van der Waals surface area (Å²) >= 11 is 0. The van der Waals surface area contributed by atoms with Gasteiger partial charge in [0.1, 0.15) is 0 Å². The molecule has 1 amide bonds. The first kappa shape index (κ1) is 18.1. The molecule has 1 aromatic carbocycles. The number of ether oxygens (including phenoxy) is 2. The van der Waals surface area contributed by atoms with Crippen LogP contribution in [0.2, 0.25) is 0 Å². The Bertz CT molecular complexity index is 560. The van der Waals surface area contributed by atoms with Gasteiger partial charge in [-0.2, -0.15) is 0 Å². The number of carboxylic acids is 1. The Hall–Kier alpha value is -2.24. The van der Waals surface area contributed by atoms with Crippen LogP contribution in [0.25, 0.3) is 0 Å². The molecule has 2 atom stereocenters. The second kappa shape index (κ2) is 9.15. The lowest BCUT2D eigenvalue weighted by Crippen LogP contribution is -2.38. The monoisotopic (exact) mass is 335 g/mol. The van der Waals surface area contributed by atoms with Crippen molar-refractivity contribution >= 4 is 11.9 Å². The van der Waals surface area contributed by atoms with Gasteiger partial charge in [-0.3, -0.25) is 9.59 Å². The van der Waals surface area contributed by atoms with Crippen LogP contribution in [0.15, 0.2) is 24.3 Å². The number of amides is 1. The minimum absolute atomic E-state index is 0.00379. The number of benzene rings is 1. The van der Waals surface area contributed by atoms with Gasteiger partial charge < -0.3 is 19.9 Å². The average molecular weight is 335 g/mol. The van der Waals surface area contributed by atoms with Gasteiger partial charge in [-0.05, 0) is 37.8 Å². The van der Waals surface area contributed by atoms with Crippen molar-refractivity contribution in [2.45, 2.75) is 32.6 Å². The number of aliphatic carboxylic acids is 1. The topological polar surface area (TPSA) is 84.9 Å². The molecule has 2 N–H and O–H groups in total. The number of carbonyl (C=O) groups is 2. The Morgan fingerprint density at radius 1 is 1.17 bits per heavy atom. The predicted molar refractivity (Wildman–Crippen MR) is 89.2 cm³/mol. The van der Waals surface area contributed by atoms with Crippen LogP contribution in [0.4, 0.5) is 0 Å². The Balaban J connectivity index is 1.80. The minimum Gasteiger partial charge on any atom is -0.490 e. The van der Waals surface area contributed by atoms with E-state index in [1.54, 1.807) is 12.1 Å². The number of nitrogens with one attached hydrogen (secondary N) is 1. The Kier molecular flexibility index (Phi) is 6.90. The van der Waals surface area contributed by atoms with E-state index < -0.39 is 5.97 Å². The molecule has 1 aromatic rings. The van der Waals surface area contributed by atoms with Gasteiger partial charge in [-0.25, -0.2) is 0 Å². The van der Waals surface area contributed by atoms with Crippen LogP contribution in [0.3, 0.4) is 0 Å². The van der Waals surface area contributed by atoms with Crippen molar-refractivity contribution in [2.75, 3.05) is 19.8 Å². The summed E-state index contributed by atoms with van der Waals surface area (Å²) in [5.74, 6) is -0.261. The molecule has 1 saturated carbocycles. The van der Waals surface area contributed by atoms with E-state index in [9.17, 15) is 14.7 Å². The summed E-state index contributed by atoms with van der Waals surface area (Å²) < 4.78 is 11.0. The molecule has 0 radical (unpaired) electrons. The highest BCUT2D eigenvalue weighted by Crippen LogP contribution is 2.30. The van der Waals surface area contributed by atoms with Gasteiger partial charge in [-0.15, -0.1) is 0 Å². The third-order valence-electron chi connectivity index (χ3n) is 4.30. The van der Waals surface area contributed by atoms with Gasteiger partial charge in [0, 0.05) is 6.54 Å². The molecule has 1 aliphatic rings. The fourth-order valence-corrected chi connectivity index (χ4v) is 3.06. The van der Waals surface area contributed by atoms with Gasteiger partial charge in [0.25, 0.3) is 5.91 Å². The smallest absolute Gasteiger partial charge is 0.306 e. The number of hydrogen-bond donors (Lipinski definition) is 2. The second-order valence-corrected chi connectivity index (χ2v) is 5.96. The maximum atomic E-state index is 12.0. The summed E-state index contributed by atoms with van der Waals surface area (Å²) in [5, 5.41) is 12.0. The summed E-state index contributed by atoms with van der Waals surface area (Å²) in [6.07, 6.45) is 3.49. The standard InChI is InChI=1S/C18H25NO5/c1-2-23-15-9-5-6-10-16(15)24-12-17(20)19-11-13-7-3-4-8-14(13)18(21)22/h5-6,9-10,13-14H,2-4,7-8,11-12H2,1H3,(H,19,20)(H,21,22)/t13-,14-/m0/s1. The van der Waals surface area contributed by atoms with Crippen molar-refractivity contribution in [1.82, 2.24) is 5.32 Å². The van der Waals surface area contributed by atoms with E-state index in [2.05, 4.69) is 5.32 Å². The van der Waals surface area contributed by atoms with Crippen molar-refractivity contribution in [2.24, 2.45) is 11.8 Å². The van der Waals surface area contributed by atoms with E-state index >= 15 is 0 Å². The molecule has 6 heteroatoms. The van der Waals surface area contributed by atoms with Crippen molar-refractivity contribution in [3.05, 3.63) is 24.3 Å². The molecular weight excluding hydrogens is 310 g/mol. The number of para-hydroxylation sites is 2. The van der Waals surface area contributed by atoms with Crippen molar-refractivity contribution in [1.29, 1.82) is 0 Å². The number of hydrogen-bond acceptors (Lipinski definition) is 4. The maximum Gasteiger partial charge on any atom is 0.306 e. The molecule has 6 nitrogen and oxygen atoms in total. The largest absolute Gasteiger partial charge is 0.490 e. The summed E-state index contributed by atoms with van der Waals surface area (Å²) in [6.45, 7) is 2.66. The average Bonchev–Trinajstić information content (AvgIpc) is 2.59. The molecule has 0 saturated heterocycles. The Morgan fingerprint density at radius 3 is 2.50 bits per heavy atom. The summed E-state index contributed by atoms with van der Waals surface area (Å²) in [4.78, 5) is 23.2. The summed E-state index contributed by atoms with van der Waals surface area (Å²) in [5.41, 5.74) is 0. The van der Waals surface area contributed by atoms with E-state index in [0.29, 0.717) is 31.1 Å². The first-order valence-electron chi connectivity index (χ1n) is 8.46. The zero-order chi connectivity index (χ0) is 17.4. The van der Waals surface area contributed by atoms with Crippen molar-refractivity contribution in [3.8, 4) is 11.5 Å². The zero-order valence-corrected chi connectivity index (χ0v) is 14.0. The summed E-state index contributed by atoms with van der Waals surface area (Å²) in [7, 11) is 0. The molecule has 0 spiro atoms. The molecule has 0 aromatic heterocycles. The van der Waals surface area contributed by atoms with Crippen LogP contribution < -0.4 is 14.8 Å². The minimum atomic E-state index is -0.768. The maximum absolute atomic E-state index is 12.0. The Labute approximate surface area is 142 Å². The lowest BCUT2D eigenvalue weighted by Gasteiger charge is -2.28. The molecular formula is C18H25NO5. The molecule has 1 aliphatic carbocycles. The Morgan fingerprint density at radius 2 is 1.83 bits per heavy atom. The first-order valence-corrected chi connectivity index (χ1v) is 8.46. The van der Waals surface area contributed by atoms with E-state index in [1.807, 2.05) is 19.1 Å². The van der Waals surface area contributed by atoms with Crippen LogP contribution in [0.1, 0.15) is 32.6 Å². The molecule has 0 unspecified atom stereocenters. The molecule has 1 fully saturated rings. The van der Waals surface area contributed by atoms with Crippen molar-refractivity contribution in [3.63, 3.8) is 0 Å². The molecule has 0 aliphatic heterocycles. The molecule has 24 heavy (non-hydrogen) atoms. The number of carbonyl (C=O) groups excluding carboxylic acids is 1. The van der Waals surface area contributed by atoms with Crippen LogP contribution in [-0.2, 0) is 9.59 Å². The number of rotatable bonds is 8. The second-order valence-electron chi connectivity index (χ2n) is 5.96. The molecule has 0 heterocycles. The van der Waals surface area contributed by atoms with E-state index in [0.717, 1.165) is 19.3 Å². The molecule has 2 rings (SSSR count). The normalized spacial score (nSPS) is 20.2. The number of carboxylic acid groups (broad SMARTS) is 1. The van der Waals surface area contributed by atoms with Gasteiger partial charge >= 0.3 is 5.97 Å². The van der Waals surface area contributed by atoms with Crippen LogP contribution in [0, 0.1) is 11.8 Å². The highest BCUT2D eigenvalue weighted by molar-refractivity contribution is 5.77. The predicted octanol–water partition coefficient (Wildman–Crippen LogP) is 2.47. The third kappa shape index (κ3) is 5.15.